The first-order valence-electron chi connectivity index (χ1n) is 10.7. The summed E-state index contributed by atoms with van der Waals surface area (Å²) in [6, 6.07) is 11.6. The number of hydrogen-bond donors (Lipinski definition) is 1. The first-order chi connectivity index (χ1) is 16.0. The minimum absolute atomic E-state index is 0.00913. The van der Waals surface area contributed by atoms with Crippen molar-refractivity contribution in [2.45, 2.75) is 37.6 Å². The van der Waals surface area contributed by atoms with Crippen LogP contribution in [0.15, 0.2) is 56.8 Å². The molecule has 33 heavy (non-hydrogen) atoms. The molecule has 1 aliphatic heterocycles. The third kappa shape index (κ3) is 4.38. The molecular weight excluding hydrogens is 445 g/mol. The van der Waals surface area contributed by atoms with E-state index >= 15 is 0 Å². The van der Waals surface area contributed by atoms with E-state index in [4.69, 9.17) is 14.1 Å². The van der Waals surface area contributed by atoms with Gasteiger partial charge in [0.2, 0.25) is 11.5 Å². The van der Waals surface area contributed by atoms with Gasteiger partial charge in [-0.05, 0) is 49.6 Å². The largest absolute Gasteiger partial charge is 0.448 e. The lowest BCUT2D eigenvalue weighted by atomic mass is 10.2. The summed E-state index contributed by atoms with van der Waals surface area (Å²) in [7, 11) is 0. The minimum Gasteiger partial charge on any atom is -0.448 e. The van der Waals surface area contributed by atoms with Crippen molar-refractivity contribution >= 4 is 45.4 Å². The molecule has 2 aromatic heterocycles. The number of rotatable bonds is 6. The highest BCUT2D eigenvalue weighted by molar-refractivity contribution is 7.99. The second-order valence-corrected chi connectivity index (χ2v) is 8.96. The molecule has 1 N–H and O–H groups in total. The molecule has 0 radical (unpaired) electrons. The van der Waals surface area contributed by atoms with Gasteiger partial charge in [0, 0.05) is 17.7 Å². The predicted molar refractivity (Wildman–Crippen MR) is 125 cm³/mol. The van der Waals surface area contributed by atoms with Crippen LogP contribution in [0.4, 0.5) is 10.1 Å². The Balaban J connectivity index is 1.47. The van der Waals surface area contributed by atoms with Crippen molar-refractivity contribution in [2.75, 3.05) is 17.7 Å². The number of furan rings is 1. The summed E-state index contributed by atoms with van der Waals surface area (Å²) in [5.74, 6) is -0.730. The number of carbonyl (C=O) groups is 1. The molecule has 170 valence electrons. The van der Waals surface area contributed by atoms with Gasteiger partial charge in [0.05, 0.1) is 18.4 Å². The third-order valence-electron chi connectivity index (χ3n) is 5.66. The number of thioether (sulfide) groups is 1. The second-order valence-electron chi connectivity index (χ2n) is 8.02. The number of carbonyl (C=O) groups excluding carboxylic acids is 1. The molecule has 2 aromatic carbocycles. The predicted octanol–water partition coefficient (Wildman–Crippen LogP) is 4.50. The lowest BCUT2D eigenvalue weighted by Gasteiger charge is -2.15. The van der Waals surface area contributed by atoms with Crippen molar-refractivity contribution < 1.29 is 18.3 Å². The van der Waals surface area contributed by atoms with E-state index in [1.807, 2.05) is 18.2 Å². The van der Waals surface area contributed by atoms with Gasteiger partial charge in [0.25, 0.3) is 5.56 Å². The number of nitrogens with zero attached hydrogens (tertiary/aromatic N) is 2. The van der Waals surface area contributed by atoms with Crippen LogP contribution in [-0.2, 0) is 16.1 Å². The molecule has 0 bridgehead atoms. The number of ether oxygens (including phenoxy) is 1. The van der Waals surface area contributed by atoms with Crippen molar-refractivity contribution in [1.82, 2.24) is 9.55 Å². The van der Waals surface area contributed by atoms with Crippen LogP contribution in [0.1, 0.15) is 18.4 Å². The van der Waals surface area contributed by atoms with Gasteiger partial charge in [-0.15, -0.1) is 0 Å². The van der Waals surface area contributed by atoms with E-state index in [-0.39, 0.29) is 28.9 Å². The molecule has 0 spiro atoms. The van der Waals surface area contributed by atoms with Gasteiger partial charge in [0.15, 0.2) is 5.16 Å². The van der Waals surface area contributed by atoms with Crippen LogP contribution in [0.25, 0.3) is 22.1 Å². The summed E-state index contributed by atoms with van der Waals surface area (Å²) >= 11 is 1.16. The summed E-state index contributed by atoms with van der Waals surface area (Å²) in [5, 5.41) is 3.90. The molecule has 0 unspecified atom stereocenters. The monoisotopic (exact) mass is 467 g/mol. The Hall–Kier alpha value is -3.17. The third-order valence-corrected chi connectivity index (χ3v) is 6.64. The van der Waals surface area contributed by atoms with E-state index in [0.717, 1.165) is 35.6 Å². The van der Waals surface area contributed by atoms with Gasteiger partial charge >= 0.3 is 0 Å². The number of amides is 1. The number of aryl methyl sites for hydroxylation is 1. The zero-order valence-electron chi connectivity index (χ0n) is 18.0. The molecule has 7 nitrogen and oxygen atoms in total. The maximum absolute atomic E-state index is 13.6. The van der Waals surface area contributed by atoms with Crippen molar-refractivity contribution in [1.29, 1.82) is 0 Å². The van der Waals surface area contributed by atoms with Crippen molar-refractivity contribution in [3.05, 3.63) is 64.2 Å². The minimum atomic E-state index is -0.423. The van der Waals surface area contributed by atoms with Crippen LogP contribution in [0.2, 0.25) is 0 Å². The van der Waals surface area contributed by atoms with Gasteiger partial charge in [-0.3, -0.25) is 14.2 Å². The van der Waals surface area contributed by atoms with Crippen molar-refractivity contribution in [3.63, 3.8) is 0 Å². The Morgan fingerprint density at radius 3 is 2.97 bits per heavy atom. The first-order valence-corrected chi connectivity index (χ1v) is 11.7. The maximum Gasteiger partial charge on any atom is 0.297 e. The maximum atomic E-state index is 13.6. The fourth-order valence-corrected chi connectivity index (χ4v) is 4.76. The van der Waals surface area contributed by atoms with Gasteiger partial charge in [-0.25, -0.2) is 9.37 Å². The van der Waals surface area contributed by atoms with Gasteiger partial charge in [0.1, 0.15) is 16.9 Å². The molecule has 9 heteroatoms. The molecule has 1 saturated heterocycles. The van der Waals surface area contributed by atoms with Crippen LogP contribution >= 0.6 is 11.8 Å². The smallest absolute Gasteiger partial charge is 0.297 e. The Morgan fingerprint density at radius 1 is 1.30 bits per heavy atom. The van der Waals surface area contributed by atoms with E-state index < -0.39 is 5.82 Å². The van der Waals surface area contributed by atoms with Gasteiger partial charge in [-0.2, -0.15) is 0 Å². The number of halogens is 1. The number of para-hydroxylation sites is 1. The van der Waals surface area contributed by atoms with Crippen LogP contribution in [0.5, 0.6) is 0 Å². The second kappa shape index (κ2) is 8.99. The lowest BCUT2D eigenvalue weighted by Crippen LogP contribution is -2.29. The zero-order chi connectivity index (χ0) is 22.9. The first kappa shape index (κ1) is 21.7. The number of benzene rings is 2. The van der Waals surface area contributed by atoms with Crippen LogP contribution < -0.4 is 10.9 Å². The topological polar surface area (TPSA) is 86.4 Å². The number of aromatic nitrogens is 2. The van der Waals surface area contributed by atoms with Gasteiger partial charge in [-0.1, -0.05) is 30.0 Å². The summed E-state index contributed by atoms with van der Waals surface area (Å²) < 4.78 is 26.6. The average molecular weight is 468 g/mol. The lowest BCUT2D eigenvalue weighted by molar-refractivity contribution is -0.113. The molecule has 1 atom stereocenters. The molecule has 4 aromatic rings. The van der Waals surface area contributed by atoms with Crippen LogP contribution in [0, 0.1) is 12.7 Å². The fourth-order valence-electron chi connectivity index (χ4n) is 3.96. The van der Waals surface area contributed by atoms with Crippen LogP contribution in [0.3, 0.4) is 0 Å². The highest BCUT2D eigenvalue weighted by Gasteiger charge is 2.23. The number of anilines is 1. The summed E-state index contributed by atoms with van der Waals surface area (Å²) in [4.78, 5) is 30.7. The zero-order valence-corrected chi connectivity index (χ0v) is 18.8. The molecule has 0 aliphatic carbocycles. The number of nitrogens with one attached hydrogen (secondary N) is 1. The Morgan fingerprint density at radius 2 is 2.15 bits per heavy atom. The quantitative estimate of drug-likeness (QED) is 0.332. The number of hydrogen-bond acceptors (Lipinski definition) is 6. The molecule has 1 amide bonds. The van der Waals surface area contributed by atoms with E-state index in [1.165, 1.54) is 16.7 Å². The molecular formula is C24H22FN3O4S. The van der Waals surface area contributed by atoms with Gasteiger partial charge < -0.3 is 14.5 Å². The average Bonchev–Trinajstić information content (AvgIpc) is 3.45. The Kier molecular flexibility index (Phi) is 5.90. The van der Waals surface area contributed by atoms with Crippen molar-refractivity contribution in [3.8, 4) is 0 Å². The summed E-state index contributed by atoms with van der Waals surface area (Å²) in [5.41, 5.74) is 2.13. The van der Waals surface area contributed by atoms with E-state index in [0.29, 0.717) is 35.1 Å². The highest BCUT2D eigenvalue weighted by atomic mass is 32.2. The summed E-state index contributed by atoms with van der Waals surface area (Å²) in [6.45, 7) is 2.80. The normalized spacial score (nSPS) is 16.0. The molecule has 0 saturated carbocycles. The van der Waals surface area contributed by atoms with E-state index in [9.17, 15) is 14.0 Å². The molecule has 5 rings (SSSR count). The van der Waals surface area contributed by atoms with Crippen molar-refractivity contribution in [2.24, 2.45) is 0 Å². The van der Waals surface area contributed by atoms with E-state index in [2.05, 4.69) is 5.32 Å². The SMILES string of the molecule is Cc1ccc(F)cc1NC(=O)CSc1nc2c(oc3ccccc32)c(=O)n1C[C@H]1CCCO1. The summed E-state index contributed by atoms with van der Waals surface area (Å²) in [6.07, 6.45) is 1.71. The standard InChI is InChI=1S/C24H22FN3O4S/c1-14-8-9-15(25)11-18(14)26-20(29)13-33-24-27-21-17-6-2-3-7-19(17)32-22(21)23(30)28(24)12-16-5-4-10-31-16/h2-3,6-9,11,16H,4-5,10,12-13H2,1H3,(H,26,29)/t16-/m1/s1. The number of fused-ring (bicyclic) bond motifs is 3. The molecule has 3 heterocycles. The van der Waals surface area contributed by atoms with Crippen LogP contribution in [-0.4, -0.2) is 33.9 Å². The Labute approximate surface area is 192 Å². The molecule has 1 fully saturated rings. The van der Waals surface area contributed by atoms with E-state index in [1.54, 1.807) is 19.1 Å². The molecule has 1 aliphatic rings. The highest BCUT2D eigenvalue weighted by Crippen LogP contribution is 2.28. The Bertz CT molecular complexity index is 1410. The fraction of sp³-hybridized carbons (Fsp3) is 0.292.